The van der Waals surface area contributed by atoms with Gasteiger partial charge in [-0.15, -0.1) is 0 Å². The third kappa shape index (κ3) is 7.57. The lowest BCUT2D eigenvalue weighted by Crippen LogP contribution is -2.13. The number of nitrogens with one attached hydrogen (secondary N) is 1. The van der Waals surface area contributed by atoms with E-state index >= 15 is 4.39 Å². The molecule has 1 aromatic heterocycles. The first-order valence-electron chi connectivity index (χ1n) is 12.5. The third-order valence-corrected chi connectivity index (χ3v) is 8.71. The minimum absolute atomic E-state index is 0.0178. The number of phenols is 1. The van der Waals surface area contributed by atoms with Gasteiger partial charge in [0.2, 0.25) is 0 Å². The van der Waals surface area contributed by atoms with Crippen molar-refractivity contribution >= 4 is 48.2 Å². The average molecular weight is 618 g/mol. The average Bonchev–Trinajstić information content (AvgIpc) is 2.99. The highest BCUT2D eigenvalue weighted by molar-refractivity contribution is 7.54. The Hall–Kier alpha value is -2.06. The molecule has 0 radical (unpaired) electrons. The Morgan fingerprint density at radius 2 is 1.97 bits per heavy atom. The van der Waals surface area contributed by atoms with Crippen LogP contribution in [0.15, 0.2) is 42.5 Å². The molecule has 2 N–H and O–H groups in total. The van der Waals surface area contributed by atoms with Gasteiger partial charge in [-0.25, -0.2) is 9.37 Å². The zero-order chi connectivity index (χ0) is 28.2. The van der Waals surface area contributed by atoms with E-state index in [9.17, 15) is 9.67 Å². The van der Waals surface area contributed by atoms with E-state index in [4.69, 9.17) is 48.6 Å². The number of nitrogens with zero attached hydrogens (tertiary/aromatic N) is 1. The SMILES string of the molecule is CC(C)c1cc(Oc2c(Cl)nc(NCP3(=O)OCCCCCC(c4cccc(Cl)c4)O3)c(F)c2Cl)ccc1O. The van der Waals surface area contributed by atoms with E-state index in [1.54, 1.807) is 24.3 Å². The minimum Gasteiger partial charge on any atom is -0.508 e. The lowest BCUT2D eigenvalue weighted by atomic mass is 10.0. The molecule has 0 spiro atoms. The summed E-state index contributed by atoms with van der Waals surface area (Å²) in [5.41, 5.74) is 1.42. The number of anilines is 1. The Bertz CT molecular complexity index is 1380. The van der Waals surface area contributed by atoms with Crippen molar-refractivity contribution < 1.29 is 27.8 Å². The summed E-state index contributed by atoms with van der Waals surface area (Å²) < 4.78 is 46.4. The molecule has 1 aliphatic rings. The van der Waals surface area contributed by atoms with Gasteiger partial charge in [0.25, 0.3) is 0 Å². The van der Waals surface area contributed by atoms with Gasteiger partial charge in [0.05, 0.1) is 12.7 Å². The van der Waals surface area contributed by atoms with Crippen molar-refractivity contribution in [3.8, 4) is 17.2 Å². The molecular formula is C27H29Cl3FN2O5P. The zero-order valence-electron chi connectivity index (χ0n) is 21.4. The number of benzene rings is 2. The molecule has 0 amide bonds. The van der Waals surface area contributed by atoms with Crippen LogP contribution in [0.25, 0.3) is 0 Å². The molecule has 12 heteroatoms. The normalized spacial score (nSPS) is 20.2. The predicted molar refractivity (Wildman–Crippen MR) is 152 cm³/mol. The van der Waals surface area contributed by atoms with Crippen molar-refractivity contribution in [1.29, 1.82) is 0 Å². The molecule has 210 valence electrons. The molecular weight excluding hydrogens is 589 g/mol. The number of aromatic nitrogens is 1. The highest BCUT2D eigenvalue weighted by atomic mass is 35.5. The molecule has 4 rings (SSSR count). The van der Waals surface area contributed by atoms with E-state index in [1.807, 2.05) is 19.9 Å². The second kappa shape index (κ2) is 13.1. The Labute approximate surface area is 242 Å². The van der Waals surface area contributed by atoms with Crippen LogP contribution in [0, 0.1) is 5.82 Å². The number of halogens is 4. The van der Waals surface area contributed by atoms with Gasteiger partial charge in [-0.1, -0.05) is 73.6 Å². The predicted octanol–water partition coefficient (Wildman–Crippen LogP) is 9.71. The Balaban J connectivity index is 1.54. The van der Waals surface area contributed by atoms with Gasteiger partial charge >= 0.3 is 7.60 Å². The highest BCUT2D eigenvalue weighted by Gasteiger charge is 2.32. The van der Waals surface area contributed by atoms with Crippen molar-refractivity contribution in [2.45, 2.75) is 51.6 Å². The first kappa shape index (κ1) is 29.9. The molecule has 1 aliphatic heterocycles. The van der Waals surface area contributed by atoms with Crippen LogP contribution in [0.1, 0.15) is 62.7 Å². The second-order valence-electron chi connectivity index (χ2n) is 9.46. The molecule has 7 nitrogen and oxygen atoms in total. The fourth-order valence-electron chi connectivity index (χ4n) is 4.15. The van der Waals surface area contributed by atoms with Crippen molar-refractivity contribution in [2.24, 2.45) is 0 Å². The second-order valence-corrected chi connectivity index (χ2v) is 12.6. The zero-order valence-corrected chi connectivity index (χ0v) is 24.6. The number of ether oxygens (including phenoxy) is 1. The fraction of sp³-hybridized carbons (Fsp3) is 0.370. The van der Waals surface area contributed by atoms with E-state index in [0.29, 0.717) is 29.2 Å². The third-order valence-electron chi connectivity index (χ3n) is 6.19. The molecule has 0 aliphatic carbocycles. The summed E-state index contributed by atoms with van der Waals surface area (Å²) >= 11 is 18.7. The lowest BCUT2D eigenvalue weighted by Gasteiger charge is -2.25. The van der Waals surface area contributed by atoms with E-state index in [-0.39, 0.29) is 41.3 Å². The molecule has 3 aromatic rings. The van der Waals surface area contributed by atoms with Crippen molar-refractivity contribution in [3.63, 3.8) is 0 Å². The van der Waals surface area contributed by atoms with Crippen LogP contribution in [-0.4, -0.2) is 23.0 Å². The summed E-state index contributed by atoms with van der Waals surface area (Å²) in [5, 5.41) is 12.7. The van der Waals surface area contributed by atoms with Gasteiger partial charge in [-0.3, -0.25) is 9.09 Å². The van der Waals surface area contributed by atoms with Gasteiger partial charge in [-0.05, 0) is 54.7 Å². The molecule has 1 fully saturated rings. The monoisotopic (exact) mass is 616 g/mol. The van der Waals surface area contributed by atoms with Crippen molar-refractivity contribution in [1.82, 2.24) is 4.98 Å². The number of hydrogen-bond donors (Lipinski definition) is 2. The van der Waals surface area contributed by atoms with Gasteiger partial charge < -0.3 is 19.7 Å². The van der Waals surface area contributed by atoms with Crippen molar-refractivity contribution in [3.05, 3.63) is 74.6 Å². The summed E-state index contributed by atoms with van der Waals surface area (Å²) in [6.45, 7) is 4.05. The lowest BCUT2D eigenvalue weighted by molar-refractivity contribution is 0.148. The summed E-state index contributed by atoms with van der Waals surface area (Å²) in [6, 6.07) is 11.8. The van der Waals surface area contributed by atoms with Gasteiger partial charge in [0.15, 0.2) is 22.5 Å². The maximum absolute atomic E-state index is 15.3. The Kier molecular flexibility index (Phi) is 10.0. The minimum atomic E-state index is -3.75. The van der Waals surface area contributed by atoms with Crippen LogP contribution in [0.3, 0.4) is 0 Å². The molecule has 39 heavy (non-hydrogen) atoms. The number of aromatic hydroxyl groups is 1. The summed E-state index contributed by atoms with van der Waals surface area (Å²) in [5.74, 6) is -1.03. The molecule has 0 saturated carbocycles. The maximum Gasteiger partial charge on any atom is 0.350 e. The number of rotatable bonds is 7. The smallest absolute Gasteiger partial charge is 0.350 e. The number of phenolic OH excluding ortho intramolecular Hbond substituents is 1. The summed E-state index contributed by atoms with van der Waals surface area (Å²) in [4.78, 5) is 4.04. The molecule has 1 saturated heterocycles. The van der Waals surface area contributed by atoms with Crippen LogP contribution in [0.4, 0.5) is 10.2 Å². The van der Waals surface area contributed by atoms with Gasteiger partial charge in [0.1, 0.15) is 22.8 Å². The number of pyridine rings is 1. The topological polar surface area (TPSA) is 89.9 Å². The number of hydrogen-bond acceptors (Lipinski definition) is 7. The first-order valence-corrected chi connectivity index (χ1v) is 15.4. The molecule has 2 unspecified atom stereocenters. The van der Waals surface area contributed by atoms with Crippen LogP contribution >= 0.6 is 42.4 Å². The Morgan fingerprint density at radius 1 is 1.18 bits per heavy atom. The van der Waals surface area contributed by atoms with E-state index in [1.165, 1.54) is 12.1 Å². The quantitative estimate of drug-likeness (QED) is 0.201. The summed E-state index contributed by atoms with van der Waals surface area (Å²) in [6.07, 6.45) is 2.20. The van der Waals surface area contributed by atoms with E-state index in [0.717, 1.165) is 18.4 Å². The fourth-order valence-corrected chi connectivity index (χ4v) is 6.43. The highest BCUT2D eigenvalue weighted by Crippen LogP contribution is 2.54. The van der Waals surface area contributed by atoms with Crippen LogP contribution in [0.5, 0.6) is 17.2 Å². The first-order chi connectivity index (χ1) is 18.6. The van der Waals surface area contributed by atoms with Gasteiger partial charge in [0, 0.05) is 10.6 Å². The van der Waals surface area contributed by atoms with E-state index < -0.39 is 24.5 Å². The van der Waals surface area contributed by atoms with E-state index in [2.05, 4.69) is 10.3 Å². The standard InChI is InChI=1S/C27H29Cl3FN2O5P/c1-16(2)20-14-19(10-11-21(20)34)37-25-23(29)24(31)27(33-26(25)30)32-15-39(35)36-12-5-3-4-9-22(38-39)17-7-6-8-18(28)13-17/h6-8,10-11,13-14,16,22,34H,3-5,9,12,15H2,1-2H3,(H,32,33). The van der Waals surface area contributed by atoms with Crippen molar-refractivity contribution in [2.75, 3.05) is 18.2 Å². The summed E-state index contributed by atoms with van der Waals surface area (Å²) in [7, 11) is -3.75. The van der Waals surface area contributed by atoms with Gasteiger partial charge in [-0.2, -0.15) is 0 Å². The molecule has 2 heterocycles. The van der Waals surface area contributed by atoms with Crippen LogP contribution < -0.4 is 10.1 Å². The largest absolute Gasteiger partial charge is 0.508 e. The maximum atomic E-state index is 15.3. The Morgan fingerprint density at radius 3 is 2.72 bits per heavy atom. The molecule has 2 atom stereocenters. The molecule has 0 bridgehead atoms. The van der Waals surface area contributed by atoms with Crippen LogP contribution in [-0.2, 0) is 13.6 Å². The van der Waals surface area contributed by atoms with Crippen LogP contribution in [0.2, 0.25) is 15.2 Å². The molecule has 2 aromatic carbocycles.